The number of alkyl halides is 1. The lowest BCUT2D eigenvalue weighted by Gasteiger charge is -2.36. The molecule has 0 N–H and O–H groups in total. The predicted octanol–water partition coefficient (Wildman–Crippen LogP) is 4.81. The van der Waals surface area contributed by atoms with Gasteiger partial charge < -0.3 is 14.2 Å². The van der Waals surface area contributed by atoms with Crippen molar-refractivity contribution >= 4 is 21.9 Å². The van der Waals surface area contributed by atoms with Crippen LogP contribution in [-0.4, -0.2) is 30.6 Å². The van der Waals surface area contributed by atoms with Gasteiger partial charge in [-0.3, -0.25) is 0 Å². The minimum atomic E-state index is -0.913. The maximum absolute atomic E-state index is 12.1. The van der Waals surface area contributed by atoms with E-state index in [1.165, 1.54) is 13.5 Å². The second-order valence-electron chi connectivity index (χ2n) is 6.93. The number of carbonyl (C=O) groups is 1. The molecule has 25 heavy (non-hydrogen) atoms. The molecule has 1 atom stereocenters. The summed E-state index contributed by atoms with van der Waals surface area (Å²) in [4.78, 5) is 12.1. The summed E-state index contributed by atoms with van der Waals surface area (Å²) in [5, 5.41) is 1.04. The van der Waals surface area contributed by atoms with Gasteiger partial charge in [-0.05, 0) is 70.1 Å². The van der Waals surface area contributed by atoms with Gasteiger partial charge in [0.2, 0.25) is 5.60 Å². The molecule has 5 heteroatoms. The summed E-state index contributed by atoms with van der Waals surface area (Å²) in [6, 6.07) is 0. The first-order valence-corrected chi connectivity index (χ1v) is 10.1. The van der Waals surface area contributed by atoms with Gasteiger partial charge in [-0.25, -0.2) is 4.79 Å². The first-order valence-electron chi connectivity index (χ1n) is 8.94. The number of methoxy groups -OCH3 is 1. The van der Waals surface area contributed by atoms with Crippen molar-refractivity contribution in [3.63, 3.8) is 0 Å². The maximum Gasteiger partial charge on any atom is 0.349 e. The van der Waals surface area contributed by atoms with Crippen molar-refractivity contribution < 1.29 is 19.0 Å². The summed E-state index contributed by atoms with van der Waals surface area (Å²) >= 11 is 3.46. The van der Waals surface area contributed by atoms with E-state index < -0.39 is 5.60 Å². The number of rotatable bonds is 7. The van der Waals surface area contributed by atoms with Gasteiger partial charge in [0.05, 0.1) is 13.7 Å². The number of esters is 1. The lowest BCUT2D eigenvalue weighted by atomic mass is 9.87. The molecule has 0 saturated carbocycles. The van der Waals surface area contributed by atoms with E-state index >= 15 is 0 Å². The molecule has 0 aliphatic carbocycles. The summed E-state index contributed by atoms with van der Waals surface area (Å²) in [6.45, 7) is 8.72. The molecular formula is C20H29BrO4. The minimum absolute atomic E-state index is 0.319. The SMILES string of the molecule is COC(=O)C1(C)CCc2c(C)c(OCCCCCBr)c(C)c(C)c2O1. The second-order valence-corrected chi connectivity index (χ2v) is 7.73. The van der Waals surface area contributed by atoms with Crippen molar-refractivity contribution in [3.05, 3.63) is 22.3 Å². The molecule has 140 valence electrons. The van der Waals surface area contributed by atoms with Crippen LogP contribution in [0.15, 0.2) is 0 Å². The normalized spacial score (nSPS) is 19.1. The molecular weight excluding hydrogens is 384 g/mol. The molecule has 1 heterocycles. The highest BCUT2D eigenvalue weighted by molar-refractivity contribution is 9.09. The summed E-state index contributed by atoms with van der Waals surface area (Å²) in [7, 11) is 1.41. The number of hydrogen-bond donors (Lipinski definition) is 0. The Morgan fingerprint density at radius 1 is 1.16 bits per heavy atom. The average Bonchev–Trinajstić information content (AvgIpc) is 2.61. The lowest BCUT2D eigenvalue weighted by Crippen LogP contribution is -2.45. The van der Waals surface area contributed by atoms with Crippen molar-refractivity contribution in [2.24, 2.45) is 0 Å². The lowest BCUT2D eigenvalue weighted by molar-refractivity contribution is -0.159. The van der Waals surface area contributed by atoms with E-state index in [9.17, 15) is 4.79 Å². The van der Waals surface area contributed by atoms with Crippen molar-refractivity contribution in [1.82, 2.24) is 0 Å². The summed E-state index contributed by atoms with van der Waals surface area (Å²) in [5.74, 6) is 1.47. The summed E-state index contributed by atoms with van der Waals surface area (Å²) in [6.07, 6.45) is 4.78. The van der Waals surface area contributed by atoms with Crippen LogP contribution in [0.1, 0.15) is 54.9 Å². The van der Waals surface area contributed by atoms with Crippen molar-refractivity contribution in [3.8, 4) is 11.5 Å². The Balaban J connectivity index is 2.26. The monoisotopic (exact) mass is 412 g/mol. The molecule has 2 rings (SSSR count). The molecule has 0 saturated heterocycles. The van der Waals surface area contributed by atoms with Crippen LogP contribution in [-0.2, 0) is 16.0 Å². The van der Waals surface area contributed by atoms with Gasteiger partial charge in [-0.1, -0.05) is 15.9 Å². The molecule has 0 radical (unpaired) electrons. The molecule has 1 aliphatic heterocycles. The molecule has 0 aromatic heterocycles. The number of unbranched alkanes of at least 4 members (excludes halogenated alkanes) is 2. The third kappa shape index (κ3) is 4.13. The van der Waals surface area contributed by atoms with E-state index in [1.807, 2.05) is 6.92 Å². The van der Waals surface area contributed by atoms with Crippen molar-refractivity contribution in [2.45, 2.75) is 65.4 Å². The van der Waals surface area contributed by atoms with E-state index in [2.05, 4.69) is 29.8 Å². The fraction of sp³-hybridized carbons (Fsp3) is 0.650. The van der Waals surface area contributed by atoms with Crippen LogP contribution in [0.4, 0.5) is 0 Å². The fourth-order valence-electron chi connectivity index (χ4n) is 3.36. The largest absolute Gasteiger partial charge is 0.493 e. The van der Waals surface area contributed by atoms with Gasteiger partial charge in [0.1, 0.15) is 11.5 Å². The van der Waals surface area contributed by atoms with Gasteiger partial charge in [-0.2, -0.15) is 0 Å². The summed E-state index contributed by atoms with van der Waals surface area (Å²) in [5.41, 5.74) is 3.51. The molecule has 1 unspecified atom stereocenters. The predicted molar refractivity (Wildman–Crippen MR) is 103 cm³/mol. The Labute approximate surface area is 159 Å². The van der Waals surface area contributed by atoms with Crippen LogP contribution in [0.25, 0.3) is 0 Å². The van der Waals surface area contributed by atoms with Gasteiger partial charge in [-0.15, -0.1) is 0 Å². The summed E-state index contributed by atoms with van der Waals surface area (Å²) < 4.78 is 17.2. The number of ether oxygens (including phenoxy) is 3. The van der Waals surface area contributed by atoms with Crippen molar-refractivity contribution in [2.75, 3.05) is 19.0 Å². The first-order chi connectivity index (χ1) is 11.9. The molecule has 0 spiro atoms. The van der Waals surface area contributed by atoms with E-state index in [-0.39, 0.29) is 5.97 Å². The molecule has 1 aliphatic rings. The Kier molecular flexibility index (Phi) is 6.78. The molecule has 1 aromatic carbocycles. The standard InChI is InChI=1S/C20H29BrO4/c1-13-14(2)18-16(9-10-20(4,25-18)19(22)23-5)15(3)17(13)24-12-8-6-7-11-21/h6-12H2,1-5H3. The topological polar surface area (TPSA) is 44.8 Å². The average molecular weight is 413 g/mol. The third-order valence-electron chi connectivity index (χ3n) is 5.13. The van der Waals surface area contributed by atoms with Crippen LogP contribution in [0.3, 0.4) is 0 Å². The Morgan fingerprint density at radius 3 is 2.52 bits per heavy atom. The van der Waals surface area contributed by atoms with Gasteiger partial charge >= 0.3 is 5.97 Å². The highest BCUT2D eigenvalue weighted by atomic mass is 79.9. The highest BCUT2D eigenvalue weighted by Gasteiger charge is 2.41. The van der Waals surface area contributed by atoms with Crippen LogP contribution in [0.5, 0.6) is 11.5 Å². The van der Waals surface area contributed by atoms with Crippen LogP contribution < -0.4 is 9.47 Å². The van der Waals surface area contributed by atoms with Gasteiger partial charge in [0.15, 0.2) is 0 Å². The molecule has 1 aromatic rings. The van der Waals surface area contributed by atoms with Gasteiger partial charge in [0.25, 0.3) is 0 Å². The Morgan fingerprint density at radius 2 is 1.88 bits per heavy atom. The molecule has 4 nitrogen and oxygen atoms in total. The van der Waals surface area contributed by atoms with E-state index in [0.717, 1.165) is 65.0 Å². The van der Waals surface area contributed by atoms with Gasteiger partial charge in [0, 0.05) is 17.3 Å². The molecule has 0 amide bonds. The number of halogens is 1. The van der Waals surface area contributed by atoms with Crippen LogP contribution in [0.2, 0.25) is 0 Å². The fourth-order valence-corrected chi connectivity index (χ4v) is 3.75. The quantitative estimate of drug-likeness (QED) is 0.366. The zero-order valence-electron chi connectivity index (χ0n) is 16.0. The number of benzene rings is 1. The Hall–Kier alpha value is -1.23. The number of carbonyl (C=O) groups excluding carboxylic acids is 1. The second kappa shape index (κ2) is 8.43. The molecule has 0 bridgehead atoms. The number of fused-ring (bicyclic) bond motifs is 1. The van der Waals surface area contributed by atoms with E-state index in [4.69, 9.17) is 14.2 Å². The third-order valence-corrected chi connectivity index (χ3v) is 5.69. The van der Waals surface area contributed by atoms with E-state index in [1.54, 1.807) is 6.92 Å². The maximum atomic E-state index is 12.1. The first kappa shape index (κ1) is 20.1. The Bertz CT molecular complexity index is 641. The van der Waals surface area contributed by atoms with Crippen LogP contribution >= 0.6 is 15.9 Å². The van der Waals surface area contributed by atoms with Crippen LogP contribution in [0, 0.1) is 20.8 Å². The molecule has 0 fully saturated rings. The zero-order valence-corrected chi connectivity index (χ0v) is 17.5. The smallest absolute Gasteiger partial charge is 0.349 e. The highest BCUT2D eigenvalue weighted by Crippen LogP contribution is 2.44. The minimum Gasteiger partial charge on any atom is -0.493 e. The van der Waals surface area contributed by atoms with Crippen molar-refractivity contribution in [1.29, 1.82) is 0 Å². The zero-order chi connectivity index (χ0) is 18.6. The van der Waals surface area contributed by atoms with E-state index in [0.29, 0.717) is 6.42 Å². The number of hydrogen-bond acceptors (Lipinski definition) is 4.